The third kappa shape index (κ3) is 7.04. The van der Waals surface area contributed by atoms with Gasteiger partial charge < -0.3 is 15.4 Å². The number of rotatable bonds is 11. The SMILES string of the molecule is CCCCC(NC(=O)c1ccccc1Oc1ccccc1)C(=O)CNC(=O)c1ccccc1. The van der Waals surface area contributed by atoms with Crippen LogP contribution in [-0.2, 0) is 4.79 Å². The second kappa shape index (κ2) is 12.2. The molecule has 1 unspecified atom stereocenters. The molecule has 0 aliphatic heterocycles. The molecule has 0 bridgehead atoms. The van der Waals surface area contributed by atoms with Crippen molar-refractivity contribution in [1.29, 1.82) is 0 Å². The van der Waals surface area contributed by atoms with Crippen molar-refractivity contribution in [3.05, 3.63) is 96.1 Å². The largest absolute Gasteiger partial charge is 0.457 e. The van der Waals surface area contributed by atoms with Gasteiger partial charge in [-0.3, -0.25) is 14.4 Å². The first-order valence-corrected chi connectivity index (χ1v) is 11.1. The number of hydrogen-bond acceptors (Lipinski definition) is 4. The fourth-order valence-corrected chi connectivity index (χ4v) is 3.30. The Morgan fingerprint density at radius 2 is 1.45 bits per heavy atom. The third-order valence-electron chi connectivity index (χ3n) is 5.10. The van der Waals surface area contributed by atoms with Crippen LogP contribution in [0.5, 0.6) is 11.5 Å². The molecule has 6 heteroatoms. The van der Waals surface area contributed by atoms with Crippen LogP contribution in [0.2, 0.25) is 0 Å². The molecular weight excluding hydrogens is 416 g/mol. The van der Waals surface area contributed by atoms with Crippen LogP contribution in [0.15, 0.2) is 84.9 Å². The molecule has 0 saturated carbocycles. The van der Waals surface area contributed by atoms with Crippen molar-refractivity contribution in [2.45, 2.75) is 32.2 Å². The Labute approximate surface area is 194 Å². The fraction of sp³-hybridized carbons (Fsp3) is 0.222. The number of amides is 2. The van der Waals surface area contributed by atoms with Crippen LogP contribution in [0.1, 0.15) is 46.9 Å². The Morgan fingerprint density at radius 3 is 2.15 bits per heavy atom. The summed E-state index contributed by atoms with van der Waals surface area (Å²) in [5.41, 5.74) is 0.815. The first kappa shape index (κ1) is 23.7. The van der Waals surface area contributed by atoms with Crippen molar-refractivity contribution >= 4 is 17.6 Å². The van der Waals surface area contributed by atoms with Crippen molar-refractivity contribution in [3.63, 3.8) is 0 Å². The standard InChI is InChI=1S/C27H28N2O4/c1-2-3-17-23(24(30)19-28-26(31)20-12-6-4-7-13-20)29-27(32)22-16-10-11-18-25(22)33-21-14-8-5-9-15-21/h4-16,18,23H,2-3,17,19H2,1H3,(H,28,31)(H,29,32). The molecule has 3 aromatic carbocycles. The number of hydrogen-bond donors (Lipinski definition) is 2. The summed E-state index contributed by atoms with van der Waals surface area (Å²) in [4.78, 5) is 38.2. The van der Waals surface area contributed by atoms with Gasteiger partial charge in [0.05, 0.1) is 18.2 Å². The van der Waals surface area contributed by atoms with Gasteiger partial charge in [-0.25, -0.2) is 0 Å². The summed E-state index contributed by atoms with van der Waals surface area (Å²) in [6, 6.07) is 24.1. The molecule has 0 radical (unpaired) electrons. The molecule has 1 atom stereocenters. The molecule has 0 saturated heterocycles. The van der Waals surface area contributed by atoms with E-state index < -0.39 is 11.9 Å². The fourth-order valence-electron chi connectivity index (χ4n) is 3.30. The summed E-state index contributed by atoms with van der Waals surface area (Å²) in [5.74, 6) is 0.0410. The monoisotopic (exact) mass is 444 g/mol. The summed E-state index contributed by atoms with van der Waals surface area (Å²) in [7, 11) is 0. The van der Waals surface area contributed by atoms with Crippen molar-refractivity contribution in [1.82, 2.24) is 10.6 Å². The number of carbonyl (C=O) groups excluding carboxylic acids is 3. The number of benzene rings is 3. The number of ether oxygens (including phenoxy) is 1. The minimum Gasteiger partial charge on any atom is -0.457 e. The Balaban J connectivity index is 1.67. The predicted octanol–water partition coefficient (Wildman–Crippen LogP) is 4.77. The summed E-state index contributed by atoms with van der Waals surface area (Å²) in [6.07, 6.45) is 2.14. The molecule has 0 spiro atoms. The Kier molecular flexibility index (Phi) is 8.77. The highest BCUT2D eigenvalue weighted by atomic mass is 16.5. The van der Waals surface area contributed by atoms with Gasteiger partial charge in [0.1, 0.15) is 11.5 Å². The number of ketones is 1. The molecule has 33 heavy (non-hydrogen) atoms. The molecule has 0 heterocycles. The number of carbonyl (C=O) groups is 3. The average Bonchev–Trinajstić information content (AvgIpc) is 2.86. The van der Waals surface area contributed by atoms with Crippen LogP contribution in [0.25, 0.3) is 0 Å². The average molecular weight is 445 g/mol. The van der Waals surface area contributed by atoms with Crippen LogP contribution >= 0.6 is 0 Å². The second-order valence-corrected chi connectivity index (χ2v) is 7.59. The second-order valence-electron chi connectivity index (χ2n) is 7.59. The molecule has 170 valence electrons. The minimum atomic E-state index is -0.710. The molecule has 2 amide bonds. The van der Waals surface area contributed by atoms with E-state index >= 15 is 0 Å². The van der Waals surface area contributed by atoms with E-state index in [9.17, 15) is 14.4 Å². The van der Waals surface area contributed by atoms with E-state index in [2.05, 4.69) is 10.6 Å². The number of unbranched alkanes of at least 4 members (excludes halogenated alkanes) is 1. The minimum absolute atomic E-state index is 0.162. The molecule has 3 aromatic rings. The topological polar surface area (TPSA) is 84.5 Å². The zero-order valence-corrected chi connectivity index (χ0v) is 18.6. The van der Waals surface area contributed by atoms with E-state index in [0.717, 1.165) is 12.8 Å². The summed E-state index contributed by atoms with van der Waals surface area (Å²) in [6.45, 7) is 1.86. The zero-order valence-electron chi connectivity index (χ0n) is 18.6. The Bertz CT molecular complexity index is 1070. The van der Waals surface area contributed by atoms with Crippen molar-refractivity contribution < 1.29 is 19.1 Å². The predicted molar refractivity (Wildman–Crippen MR) is 128 cm³/mol. The van der Waals surface area contributed by atoms with Gasteiger partial charge in [-0.05, 0) is 42.8 Å². The van der Waals surface area contributed by atoms with Gasteiger partial charge in [0.2, 0.25) is 0 Å². The Morgan fingerprint density at radius 1 is 0.818 bits per heavy atom. The highest BCUT2D eigenvalue weighted by Crippen LogP contribution is 2.25. The quantitative estimate of drug-likeness (QED) is 0.446. The maximum atomic E-state index is 13.1. The van der Waals surface area contributed by atoms with Gasteiger partial charge in [0.25, 0.3) is 11.8 Å². The lowest BCUT2D eigenvalue weighted by molar-refractivity contribution is -0.120. The molecule has 2 N–H and O–H groups in total. The van der Waals surface area contributed by atoms with E-state index in [4.69, 9.17) is 4.74 Å². The van der Waals surface area contributed by atoms with Crippen molar-refractivity contribution in [3.8, 4) is 11.5 Å². The van der Waals surface area contributed by atoms with Gasteiger partial charge in [-0.1, -0.05) is 68.3 Å². The number of Topliss-reactive ketones (excluding diaryl/α,β-unsaturated/α-hetero) is 1. The van der Waals surface area contributed by atoms with E-state index in [1.807, 2.05) is 31.2 Å². The van der Waals surface area contributed by atoms with Gasteiger partial charge in [-0.2, -0.15) is 0 Å². The summed E-state index contributed by atoms with van der Waals surface area (Å²) in [5, 5.41) is 5.49. The molecule has 0 aromatic heterocycles. The van der Waals surface area contributed by atoms with Crippen LogP contribution in [0.4, 0.5) is 0 Å². The molecule has 0 aliphatic carbocycles. The normalized spacial score (nSPS) is 11.3. The highest BCUT2D eigenvalue weighted by Gasteiger charge is 2.23. The number of para-hydroxylation sites is 2. The first-order valence-electron chi connectivity index (χ1n) is 11.1. The van der Waals surface area contributed by atoms with Crippen molar-refractivity contribution in [2.24, 2.45) is 0 Å². The Hall–Kier alpha value is -3.93. The van der Waals surface area contributed by atoms with Gasteiger partial charge in [-0.15, -0.1) is 0 Å². The maximum Gasteiger partial charge on any atom is 0.255 e. The molecular formula is C27H28N2O4. The van der Waals surface area contributed by atoms with Gasteiger partial charge in [0, 0.05) is 5.56 Å². The molecule has 0 aliphatic rings. The first-order chi connectivity index (χ1) is 16.1. The van der Waals surface area contributed by atoms with Crippen LogP contribution in [-0.4, -0.2) is 30.2 Å². The summed E-state index contributed by atoms with van der Waals surface area (Å²) >= 11 is 0. The number of nitrogens with one attached hydrogen (secondary N) is 2. The van der Waals surface area contributed by atoms with Crippen LogP contribution < -0.4 is 15.4 Å². The smallest absolute Gasteiger partial charge is 0.255 e. The molecule has 6 nitrogen and oxygen atoms in total. The van der Waals surface area contributed by atoms with Gasteiger partial charge in [0.15, 0.2) is 5.78 Å². The molecule has 0 fully saturated rings. The lowest BCUT2D eigenvalue weighted by Crippen LogP contribution is -2.45. The zero-order chi connectivity index (χ0) is 23.5. The van der Waals surface area contributed by atoms with Crippen LogP contribution in [0, 0.1) is 0 Å². The van der Waals surface area contributed by atoms with Crippen molar-refractivity contribution in [2.75, 3.05) is 6.54 Å². The lowest BCUT2D eigenvalue weighted by atomic mass is 10.0. The third-order valence-corrected chi connectivity index (χ3v) is 5.10. The lowest BCUT2D eigenvalue weighted by Gasteiger charge is -2.19. The molecule has 3 rings (SSSR count). The van der Waals surface area contributed by atoms with E-state index in [1.54, 1.807) is 60.7 Å². The van der Waals surface area contributed by atoms with E-state index in [-0.39, 0.29) is 18.2 Å². The van der Waals surface area contributed by atoms with Crippen LogP contribution in [0.3, 0.4) is 0 Å². The maximum absolute atomic E-state index is 13.1. The highest BCUT2D eigenvalue weighted by molar-refractivity contribution is 6.01. The van der Waals surface area contributed by atoms with E-state index in [0.29, 0.717) is 29.0 Å². The van der Waals surface area contributed by atoms with Gasteiger partial charge >= 0.3 is 0 Å². The van der Waals surface area contributed by atoms with E-state index in [1.165, 1.54) is 0 Å². The summed E-state index contributed by atoms with van der Waals surface area (Å²) < 4.78 is 5.88.